The summed E-state index contributed by atoms with van der Waals surface area (Å²) in [4.78, 5) is 0. The van der Waals surface area contributed by atoms with Gasteiger partial charge in [-0.2, -0.15) is 0 Å². The zero-order valence-electron chi connectivity index (χ0n) is 1.09. The van der Waals surface area contributed by atoms with Crippen molar-refractivity contribution in [2.45, 2.75) is 0 Å². The minimum atomic E-state index is 0. The van der Waals surface area contributed by atoms with E-state index in [1.165, 1.54) is 0 Å². The van der Waals surface area contributed by atoms with Crippen LogP contribution in [0.25, 0.3) is 0 Å². The van der Waals surface area contributed by atoms with Crippen molar-refractivity contribution in [1.29, 1.82) is 0 Å². The molecule has 0 saturated carbocycles. The molecule has 0 aliphatic rings. The number of hydrogen-bond acceptors (Lipinski definition) is 0. The number of rotatable bonds is 0. The molecule has 0 fully saturated rings. The van der Waals surface area contributed by atoms with Crippen molar-refractivity contribution in [3.63, 3.8) is 0 Å². The first kappa shape index (κ1) is 9.60. The average molecular weight is 172 g/mol. The van der Waals surface area contributed by atoms with Gasteiger partial charge in [0, 0.05) is 0 Å². The normalized spacial score (nSPS) is 5.50. The number of hydrogen-bond donors (Lipinski definition) is 0. The van der Waals surface area contributed by atoms with E-state index >= 15 is 0 Å². The zero-order chi connectivity index (χ0) is 2.71. The van der Waals surface area contributed by atoms with E-state index in [1.807, 2.05) is 0 Å². The van der Waals surface area contributed by atoms with Gasteiger partial charge in [-0.15, -0.1) is 0 Å². The Labute approximate surface area is 69.7 Å². The van der Waals surface area contributed by atoms with Crippen LogP contribution in [-0.2, 0) is 12.9 Å². The molecule has 0 spiro atoms. The van der Waals surface area contributed by atoms with Crippen LogP contribution in [0.1, 0.15) is 0 Å². The summed E-state index contributed by atoms with van der Waals surface area (Å²) in [7, 11) is 9.47. The van der Waals surface area contributed by atoms with Crippen molar-refractivity contribution >= 4 is 58.0 Å². The Morgan fingerprint density at radius 3 is 1.25 bits per heavy atom. The summed E-state index contributed by atoms with van der Waals surface area (Å²) in [6.45, 7) is 0. The molecule has 0 aromatic rings. The van der Waals surface area contributed by atoms with Crippen LogP contribution in [0.2, 0.25) is 0 Å². The van der Waals surface area contributed by atoms with Crippen LogP contribution >= 0.6 is 20.3 Å². The Kier molecular flexibility index (Phi) is 21.7. The Bertz CT molecular complexity index is 6.00. The van der Waals surface area contributed by atoms with Crippen LogP contribution in [0.15, 0.2) is 0 Å². The summed E-state index contributed by atoms with van der Waals surface area (Å²) in [5.74, 6) is 0. The molecule has 0 aromatic heterocycles. The molecule has 0 rings (SSSR count). The third-order valence-electron chi connectivity index (χ3n) is 0. The maximum atomic E-state index is 4.73. The fraction of sp³-hybridized carbons (Fsp3) is 0. The van der Waals surface area contributed by atoms with Gasteiger partial charge in [0.2, 0.25) is 0 Å². The van der Waals surface area contributed by atoms with Gasteiger partial charge in [0.1, 0.15) is 0 Å². The molecule has 0 aromatic carbocycles. The molecule has 0 bridgehead atoms. The van der Waals surface area contributed by atoms with E-state index < -0.39 is 0 Å². The van der Waals surface area contributed by atoms with Crippen LogP contribution in [0, 0.1) is 0 Å². The molecule has 0 radical (unpaired) electrons. The summed E-state index contributed by atoms with van der Waals surface area (Å²) in [5.41, 5.74) is 0. The molecular formula is H2CaCl2Co. The van der Waals surface area contributed by atoms with E-state index in [4.69, 9.17) is 20.3 Å². The summed E-state index contributed by atoms with van der Waals surface area (Å²) in [6.07, 6.45) is 0. The second kappa shape index (κ2) is 9.02. The van der Waals surface area contributed by atoms with Gasteiger partial charge >= 0.3 is 70.9 Å². The fourth-order valence-electron chi connectivity index (χ4n) is 0. The minimum absolute atomic E-state index is 0. The first-order valence-electron chi connectivity index (χ1n) is 0.252. The molecule has 0 heterocycles. The van der Waals surface area contributed by atoms with Crippen molar-refractivity contribution in [1.82, 2.24) is 0 Å². The van der Waals surface area contributed by atoms with Crippen molar-refractivity contribution in [2.24, 2.45) is 0 Å². The molecule has 0 amide bonds. The van der Waals surface area contributed by atoms with Gasteiger partial charge in [-0.3, -0.25) is 0 Å². The summed E-state index contributed by atoms with van der Waals surface area (Å²) in [5, 5.41) is 0. The van der Waals surface area contributed by atoms with Crippen LogP contribution in [0.4, 0.5) is 0 Å². The zero-order valence-corrected chi connectivity index (χ0v) is 3.64. The standard InChI is InChI=1S/Ca.2ClH.Co.2H/h;2*1H;;;/q;;;+2;;/p-2. The summed E-state index contributed by atoms with van der Waals surface area (Å²) < 4.78 is 0. The van der Waals surface area contributed by atoms with Crippen molar-refractivity contribution in [3.05, 3.63) is 0 Å². The van der Waals surface area contributed by atoms with Gasteiger partial charge in [0.15, 0.2) is 0 Å². The van der Waals surface area contributed by atoms with E-state index in [0.717, 1.165) is 0 Å². The third-order valence-corrected chi connectivity index (χ3v) is 0. The van der Waals surface area contributed by atoms with Crippen LogP contribution in [-0.4, -0.2) is 37.7 Å². The van der Waals surface area contributed by atoms with Crippen LogP contribution in [0.5, 0.6) is 0 Å². The van der Waals surface area contributed by atoms with Crippen molar-refractivity contribution < 1.29 is 12.9 Å². The SMILES string of the molecule is [CaH2].[Cl][Co][Cl]. The topological polar surface area (TPSA) is 0 Å². The van der Waals surface area contributed by atoms with Crippen molar-refractivity contribution in [2.75, 3.05) is 0 Å². The molecule has 0 nitrogen and oxygen atoms in total. The molecule has 27 valence electrons. The van der Waals surface area contributed by atoms with Crippen LogP contribution < -0.4 is 0 Å². The van der Waals surface area contributed by atoms with Crippen LogP contribution in [0.3, 0.4) is 0 Å². The Morgan fingerprint density at radius 1 is 1.25 bits per heavy atom. The molecule has 0 N–H and O–H groups in total. The first-order valence-corrected chi connectivity index (χ1v) is 3.12. The quantitative estimate of drug-likeness (QED) is 0.465. The van der Waals surface area contributed by atoms with E-state index in [2.05, 4.69) is 0 Å². The second-order valence-electron chi connectivity index (χ2n) is 0.0476. The fourth-order valence-corrected chi connectivity index (χ4v) is 0. The summed E-state index contributed by atoms with van der Waals surface area (Å²) in [6, 6.07) is 0. The predicted octanol–water partition coefficient (Wildman–Crippen LogP) is 0.460. The average Bonchev–Trinajstić information content (AvgIpc) is 0.918. The molecule has 0 aliphatic heterocycles. The van der Waals surface area contributed by atoms with Crippen molar-refractivity contribution in [3.8, 4) is 0 Å². The molecular weight excluding hydrogens is 170 g/mol. The van der Waals surface area contributed by atoms with Gasteiger partial charge in [0.25, 0.3) is 0 Å². The second-order valence-corrected chi connectivity index (χ2v) is 1.77. The molecule has 0 unspecified atom stereocenters. The monoisotopic (exact) mass is 171 g/mol. The van der Waals surface area contributed by atoms with Gasteiger partial charge in [-0.05, 0) is 0 Å². The molecule has 0 saturated heterocycles. The van der Waals surface area contributed by atoms with E-state index in [-0.39, 0.29) is 37.7 Å². The van der Waals surface area contributed by atoms with Gasteiger partial charge < -0.3 is 0 Å². The Morgan fingerprint density at radius 2 is 1.25 bits per heavy atom. The van der Waals surface area contributed by atoms with Gasteiger partial charge in [0.05, 0.1) is 0 Å². The first-order chi connectivity index (χ1) is 1.41. The van der Waals surface area contributed by atoms with Gasteiger partial charge in [-0.25, -0.2) is 0 Å². The van der Waals surface area contributed by atoms with E-state index in [9.17, 15) is 0 Å². The molecule has 0 atom stereocenters. The summed E-state index contributed by atoms with van der Waals surface area (Å²) >= 11 is 0.382. The Hall–Kier alpha value is 2.35. The molecule has 0 aliphatic carbocycles. The maximum absolute atomic E-state index is 4.73. The van der Waals surface area contributed by atoms with E-state index in [1.54, 1.807) is 0 Å². The van der Waals surface area contributed by atoms with Gasteiger partial charge in [-0.1, -0.05) is 0 Å². The number of halogens is 2. The third kappa shape index (κ3) is 8.84. The molecule has 4 heteroatoms. The molecule has 4 heavy (non-hydrogen) atoms. The van der Waals surface area contributed by atoms with E-state index in [0.29, 0.717) is 12.9 Å². The predicted molar refractivity (Wildman–Crippen MR) is 20.2 cm³/mol. The Balaban J connectivity index is 0.